The number of nitrogens with zero attached hydrogens (tertiary/aromatic N) is 1. The Hall–Kier alpha value is -3.06. The summed E-state index contributed by atoms with van der Waals surface area (Å²) in [6.45, 7) is 1.07. The molecule has 0 fully saturated rings. The average molecular weight is 407 g/mol. The molecule has 0 aromatic heterocycles. The van der Waals surface area contributed by atoms with Gasteiger partial charge in [-0.2, -0.15) is 0 Å². The summed E-state index contributed by atoms with van der Waals surface area (Å²) in [5, 5.41) is 8.60. The molecular formula is C23H22N2O3S. The van der Waals surface area contributed by atoms with Crippen LogP contribution < -0.4 is 5.48 Å². The van der Waals surface area contributed by atoms with Crippen LogP contribution in [0.4, 0.5) is 0 Å². The second-order valence-corrected chi connectivity index (χ2v) is 7.89. The Morgan fingerprint density at radius 3 is 2.03 bits per heavy atom. The standard InChI is InChI=1S/C23H22N2O3S/c26-23(24-27)15-14-19-12-7-13-22(16-19)29(28)25(17-20-8-3-1-4-9-20)18-21-10-5-2-6-11-21/h1-16,27H,17-18H2,(H,24,26)/b15-14+. The monoisotopic (exact) mass is 406 g/mol. The van der Waals surface area contributed by atoms with Gasteiger partial charge in [0.1, 0.15) is 11.0 Å². The molecule has 29 heavy (non-hydrogen) atoms. The largest absolute Gasteiger partial charge is 0.288 e. The van der Waals surface area contributed by atoms with Crippen molar-refractivity contribution in [3.8, 4) is 0 Å². The summed E-state index contributed by atoms with van der Waals surface area (Å²) >= 11 is 0. The van der Waals surface area contributed by atoms with E-state index in [0.29, 0.717) is 18.0 Å². The fourth-order valence-electron chi connectivity index (χ4n) is 2.83. The molecule has 0 aliphatic rings. The SMILES string of the molecule is O=C(/C=C/c1cccc(S(=O)N(Cc2ccccc2)Cc2ccccc2)c1)NO. The van der Waals surface area contributed by atoms with Gasteiger partial charge in [-0.1, -0.05) is 72.8 Å². The first-order chi connectivity index (χ1) is 14.2. The molecule has 0 saturated carbocycles. The van der Waals surface area contributed by atoms with Crippen molar-refractivity contribution in [1.29, 1.82) is 0 Å². The first-order valence-electron chi connectivity index (χ1n) is 9.12. The lowest BCUT2D eigenvalue weighted by Gasteiger charge is -2.22. The number of nitrogens with one attached hydrogen (secondary N) is 1. The van der Waals surface area contributed by atoms with Crippen LogP contribution in [0, 0.1) is 0 Å². The molecule has 1 unspecified atom stereocenters. The molecule has 2 N–H and O–H groups in total. The van der Waals surface area contributed by atoms with E-state index in [4.69, 9.17) is 5.21 Å². The molecule has 0 aliphatic heterocycles. The second kappa shape index (κ2) is 10.5. The van der Waals surface area contributed by atoms with Gasteiger partial charge in [0.15, 0.2) is 0 Å². The third kappa shape index (κ3) is 6.22. The number of carbonyl (C=O) groups is 1. The minimum Gasteiger partial charge on any atom is -0.288 e. The van der Waals surface area contributed by atoms with Crippen molar-refractivity contribution in [3.05, 3.63) is 108 Å². The van der Waals surface area contributed by atoms with Gasteiger partial charge < -0.3 is 0 Å². The van der Waals surface area contributed by atoms with Crippen molar-refractivity contribution in [2.75, 3.05) is 0 Å². The van der Waals surface area contributed by atoms with E-state index in [1.54, 1.807) is 29.8 Å². The highest BCUT2D eigenvalue weighted by Gasteiger charge is 2.17. The number of amides is 1. The van der Waals surface area contributed by atoms with Gasteiger partial charge in [0.05, 0.1) is 4.90 Å². The molecule has 6 heteroatoms. The third-order valence-corrected chi connectivity index (χ3v) is 5.62. The van der Waals surface area contributed by atoms with Crippen LogP contribution in [-0.4, -0.2) is 19.6 Å². The summed E-state index contributed by atoms with van der Waals surface area (Å²) < 4.78 is 15.3. The molecule has 0 bridgehead atoms. The molecule has 5 nitrogen and oxygen atoms in total. The highest BCUT2D eigenvalue weighted by molar-refractivity contribution is 7.82. The topological polar surface area (TPSA) is 69.6 Å². The van der Waals surface area contributed by atoms with E-state index in [-0.39, 0.29) is 0 Å². The predicted molar refractivity (Wildman–Crippen MR) is 114 cm³/mol. The van der Waals surface area contributed by atoms with E-state index >= 15 is 0 Å². The number of benzene rings is 3. The third-order valence-electron chi connectivity index (χ3n) is 4.24. The van der Waals surface area contributed by atoms with Crippen LogP contribution >= 0.6 is 0 Å². The Balaban J connectivity index is 1.85. The van der Waals surface area contributed by atoms with Crippen LogP contribution in [-0.2, 0) is 28.9 Å². The minimum absolute atomic E-state index is 0.537. The Morgan fingerprint density at radius 2 is 1.48 bits per heavy atom. The summed E-state index contributed by atoms with van der Waals surface area (Å²) in [5.41, 5.74) is 4.43. The highest BCUT2D eigenvalue weighted by atomic mass is 32.2. The van der Waals surface area contributed by atoms with Crippen LogP contribution in [0.2, 0.25) is 0 Å². The van der Waals surface area contributed by atoms with Crippen molar-refractivity contribution in [3.63, 3.8) is 0 Å². The van der Waals surface area contributed by atoms with Gasteiger partial charge in [0, 0.05) is 19.2 Å². The number of hydrogen-bond acceptors (Lipinski definition) is 3. The molecular weight excluding hydrogens is 384 g/mol. The van der Waals surface area contributed by atoms with Crippen molar-refractivity contribution in [2.45, 2.75) is 18.0 Å². The number of hydroxylamine groups is 1. The predicted octanol–water partition coefficient (Wildman–Crippen LogP) is 3.93. The average Bonchev–Trinajstić information content (AvgIpc) is 2.78. The normalized spacial score (nSPS) is 12.2. The van der Waals surface area contributed by atoms with Crippen molar-refractivity contribution >= 4 is 23.0 Å². The van der Waals surface area contributed by atoms with E-state index < -0.39 is 16.9 Å². The lowest BCUT2D eigenvalue weighted by molar-refractivity contribution is -0.124. The summed E-state index contributed by atoms with van der Waals surface area (Å²) in [4.78, 5) is 11.8. The van der Waals surface area contributed by atoms with Gasteiger partial charge in [-0.25, -0.2) is 14.0 Å². The smallest absolute Gasteiger partial charge is 0.267 e. The van der Waals surface area contributed by atoms with Crippen LogP contribution in [0.25, 0.3) is 6.08 Å². The van der Waals surface area contributed by atoms with Gasteiger partial charge in [-0.3, -0.25) is 10.0 Å². The fourth-order valence-corrected chi connectivity index (χ4v) is 4.10. The Kier molecular flexibility index (Phi) is 7.47. The van der Waals surface area contributed by atoms with Crippen molar-refractivity contribution in [2.24, 2.45) is 0 Å². The Labute approximate surface area is 172 Å². The minimum atomic E-state index is -1.40. The maximum absolute atomic E-state index is 13.4. The molecule has 3 aromatic rings. The molecule has 1 atom stereocenters. The van der Waals surface area contributed by atoms with E-state index in [0.717, 1.165) is 16.7 Å². The number of rotatable bonds is 8. The maximum atomic E-state index is 13.4. The van der Waals surface area contributed by atoms with E-state index in [2.05, 4.69) is 0 Å². The Bertz CT molecular complexity index is 950. The van der Waals surface area contributed by atoms with Gasteiger partial charge in [-0.15, -0.1) is 0 Å². The molecule has 1 amide bonds. The molecule has 3 rings (SSSR count). The van der Waals surface area contributed by atoms with Gasteiger partial charge in [0.2, 0.25) is 0 Å². The zero-order chi connectivity index (χ0) is 20.5. The van der Waals surface area contributed by atoms with Gasteiger partial charge in [-0.05, 0) is 34.9 Å². The fraction of sp³-hybridized carbons (Fsp3) is 0.0870. The summed E-state index contributed by atoms with van der Waals surface area (Å²) in [5.74, 6) is -0.619. The van der Waals surface area contributed by atoms with Crippen molar-refractivity contribution in [1.82, 2.24) is 9.79 Å². The molecule has 3 aromatic carbocycles. The lowest BCUT2D eigenvalue weighted by Crippen LogP contribution is -2.25. The summed E-state index contributed by atoms with van der Waals surface area (Å²) in [6.07, 6.45) is 2.78. The molecule has 0 spiro atoms. The number of hydrogen-bond donors (Lipinski definition) is 2. The van der Waals surface area contributed by atoms with Crippen LogP contribution in [0.5, 0.6) is 0 Å². The zero-order valence-electron chi connectivity index (χ0n) is 15.8. The van der Waals surface area contributed by atoms with Crippen LogP contribution in [0.3, 0.4) is 0 Å². The molecule has 0 heterocycles. The maximum Gasteiger partial charge on any atom is 0.267 e. The van der Waals surface area contributed by atoms with Gasteiger partial charge >= 0.3 is 0 Å². The first kappa shape index (κ1) is 20.7. The van der Waals surface area contributed by atoms with Crippen LogP contribution in [0.1, 0.15) is 16.7 Å². The lowest BCUT2D eigenvalue weighted by atomic mass is 10.2. The Morgan fingerprint density at radius 1 is 0.897 bits per heavy atom. The quantitative estimate of drug-likeness (QED) is 0.338. The van der Waals surface area contributed by atoms with Crippen LogP contribution in [0.15, 0.2) is 95.9 Å². The highest BCUT2D eigenvalue weighted by Crippen LogP contribution is 2.19. The number of carbonyl (C=O) groups excluding carboxylic acids is 1. The van der Waals surface area contributed by atoms with E-state index in [1.165, 1.54) is 6.08 Å². The molecule has 0 radical (unpaired) electrons. The second-order valence-electron chi connectivity index (χ2n) is 6.40. The first-order valence-corrected chi connectivity index (χ1v) is 10.2. The zero-order valence-corrected chi connectivity index (χ0v) is 16.6. The molecule has 148 valence electrons. The molecule has 0 aliphatic carbocycles. The molecule has 0 saturated heterocycles. The van der Waals surface area contributed by atoms with Gasteiger partial charge in [0.25, 0.3) is 5.91 Å². The van der Waals surface area contributed by atoms with E-state index in [9.17, 15) is 9.00 Å². The van der Waals surface area contributed by atoms with E-state index in [1.807, 2.05) is 71.0 Å². The summed E-state index contributed by atoms with van der Waals surface area (Å²) in [6, 6.07) is 27.0. The van der Waals surface area contributed by atoms with Crippen molar-refractivity contribution < 1.29 is 14.2 Å². The summed E-state index contributed by atoms with van der Waals surface area (Å²) in [7, 11) is -1.40.